The van der Waals surface area contributed by atoms with E-state index >= 15 is 0 Å². The van der Waals surface area contributed by atoms with Crippen molar-refractivity contribution in [3.63, 3.8) is 0 Å². The van der Waals surface area contributed by atoms with Crippen molar-refractivity contribution in [3.8, 4) is 0 Å². The molecule has 5 N–H and O–H groups in total. The topological polar surface area (TPSA) is 219 Å². The zero-order chi connectivity index (χ0) is 35.7. The second-order valence-electron chi connectivity index (χ2n) is 11.3. The third-order valence-corrected chi connectivity index (χ3v) is 6.19. The molecule has 5 amide bonds. The number of amides is 5. The van der Waals surface area contributed by atoms with Crippen molar-refractivity contribution < 1.29 is 28.7 Å². The Morgan fingerprint density at radius 3 is 1.14 bits per heavy atom. The largest absolute Gasteiger partial charge is 0.444 e. The highest BCUT2D eigenvalue weighted by Crippen LogP contribution is 2.15. The minimum absolute atomic E-state index is 0.0239. The Hall–Kier alpha value is -7.10. The molecule has 16 heteroatoms. The number of nitrogens with one attached hydrogen (secondary N) is 5. The van der Waals surface area contributed by atoms with Crippen LogP contribution in [0.15, 0.2) is 97.2 Å². The molecule has 0 saturated carbocycles. The van der Waals surface area contributed by atoms with Crippen molar-refractivity contribution in [2.24, 2.45) is 0 Å². The highest BCUT2D eigenvalue weighted by molar-refractivity contribution is 6.06. The molecule has 0 radical (unpaired) electrons. The Morgan fingerprint density at radius 2 is 0.800 bits per heavy atom. The molecule has 0 aliphatic heterocycles. The number of anilines is 5. The maximum atomic E-state index is 13.0. The van der Waals surface area contributed by atoms with Crippen molar-refractivity contribution >= 4 is 58.8 Å². The van der Waals surface area contributed by atoms with Crippen LogP contribution in [0.2, 0.25) is 0 Å². The zero-order valence-electron chi connectivity index (χ0n) is 26.9. The molecular formula is C34H30N10O6. The summed E-state index contributed by atoms with van der Waals surface area (Å²) in [5, 5.41) is 12.8. The van der Waals surface area contributed by atoms with Gasteiger partial charge in [0.05, 0.1) is 0 Å². The molecule has 0 bridgehead atoms. The van der Waals surface area contributed by atoms with Crippen LogP contribution in [0, 0.1) is 0 Å². The highest BCUT2D eigenvalue weighted by atomic mass is 16.6. The fourth-order valence-electron chi connectivity index (χ4n) is 4.09. The molecule has 0 aliphatic rings. The quantitative estimate of drug-likeness (QED) is 0.140. The van der Waals surface area contributed by atoms with Crippen LogP contribution in [0.1, 0.15) is 62.7 Å². The molecule has 5 aromatic heterocycles. The lowest BCUT2D eigenvalue weighted by Crippen LogP contribution is -2.27. The number of ether oxygens (including phenoxy) is 1. The Morgan fingerprint density at radius 1 is 0.460 bits per heavy atom. The first kappa shape index (κ1) is 34.2. The summed E-state index contributed by atoms with van der Waals surface area (Å²) >= 11 is 0. The number of hydrogen-bond acceptors (Lipinski definition) is 11. The van der Waals surface area contributed by atoms with Gasteiger partial charge in [-0.15, -0.1) is 0 Å². The number of nitrogens with zero attached hydrogens (tertiary/aromatic N) is 5. The van der Waals surface area contributed by atoms with Gasteiger partial charge in [-0.2, -0.15) is 0 Å². The summed E-state index contributed by atoms with van der Waals surface area (Å²) in [7, 11) is 0. The first-order chi connectivity index (χ1) is 23.9. The minimum Gasteiger partial charge on any atom is -0.444 e. The van der Waals surface area contributed by atoms with E-state index in [1.807, 2.05) is 0 Å². The van der Waals surface area contributed by atoms with Gasteiger partial charge in [0.2, 0.25) is 0 Å². The van der Waals surface area contributed by atoms with Crippen LogP contribution < -0.4 is 26.6 Å². The molecule has 5 rings (SSSR count). The van der Waals surface area contributed by atoms with E-state index in [-0.39, 0.29) is 46.0 Å². The summed E-state index contributed by atoms with van der Waals surface area (Å²) in [5.41, 5.74) is -0.794. The van der Waals surface area contributed by atoms with Crippen LogP contribution in [0.4, 0.5) is 33.9 Å². The molecule has 0 saturated heterocycles. The van der Waals surface area contributed by atoms with Gasteiger partial charge in [-0.25, -0.2) is 29.7 Å². The number of aromatic nitrogens is 5. The molecular weight excluding hydrogens is 644 g/mol. The lowest BCUT2D eigenvalue weighted by Gasteiger charge is -2.19. The summed E-state index contributed by atoms with van der Waals surface area (Å²) in [6.07, 6.45) is 0.807. The molecule has 0 aromatic carbocycles. The van der Waals surface area contributed by atoms with E-state index in [1.54, 1.807) is 45.0 Å². The average Bonchev–Trinajstić information content (AvgIpc) is 3.08. The molecule has 16 nitrogen and oxygen atoms in total. The van der Waals surface area contributed by atoms with E-state index < -0.39 is 35.3 Å². The number of pyridine rings is 5. The molecule has 5 aromatic rings. The van der Waals surface area contributed by atoms with Crippen LogP contribution in [0.3, 0.4) is 0 Å². The lowest BCUT2D eigenvalue weighted by atomic mass is 10.2. The van der Waals surface area contributed by atoms with E-state index in [2.05, 4.69) is 51.5 Å². The van der Waals surface area contributed by atoms with Gasteiger partial charge in [0.25, 0.3) is 23.6 Å². The minimum atomic E-state index is -0.728. The highest BCUT2D eigenvalue weighted by Gasteiger charge is 2.18. The summed E-state index contributed by atoms with van der Waals surface area (Å²) in [4.78, 5) is 84.3. The first-order valence-corrected chi connectivity index (χ1v) is 15.0. The summed E-state index contributed by atoms with van der Waals surface area (Å²) in [6.45, 7) is 5.15. The Balaban J connectivity index is 1.19. The fraction of sp³-hybridized carbons (Fsp3) is 0.118. The van der Waals surface area contributed by atoms with E-state index in [9.17, 15) is 24.0 Å². The Labute approximate surface area is 285 Å². The van der Waals surface area contributed by atoms with Crippen LogP contribution in [-0.2, 0) is 4.74 Å². The monoisotopic (exact) mass is 674 g/mol. The molecule has 252 valence electrons. The first-order valence-electron chi connectivity index (χ1n) is 15.0. The van der Waals surface area contributed by atoms with Gasteiger partial charge in [0, 0.05) is 6.20 Å². The predicted molar refractivity (Wildman–Crippen MR) is 183 cm³/mol. The van der Waals surface area contributed by atoms with Crippen molar-refractivity contribution in [2.75, 3.05) is 26.6 Å². The van der Waals surface area contributed by atoms with Crippen molar-refractivity contribution in [1.82, 2.24) is 24.9 Å². The van der Waals surface area contributed by atoms with Crippen LogP contribution in [0.25, 0.3) is 0 Å². The Bertz CT molecular complexity index is 2070. The van der Waals surface area contributed by atoms with E-state index in [4.69, 9.17) is 4.74 Å². The van der Waals surface area contributed by atoms with Crippen molar-refractivity contribution in [2.45, 2.75) is 26.4 Å². The van der Waals surface area contributed by atoms with E-state index in [0.29, 0.717) is 5.82 Å². The van der Waals surface area contributed by atoms with Gasteiger partial charge in [-0.1, -0.05) is 30.3 Å². The Kier molecular flexibility index (Phi) is 10.4. The van der Waals surface area contributed by atoms with Crippen molar-refractivity contribution in [3.05, 3.63) is 120 Å². The third-order valence-electron chi connectivity index (χ3n) is 6.19. The molecule has 0 unspecified atom stereocenters. The summed E-state index contributed by atoms with van der Waals surface area (Å²) in [6, 6.07) is 22.9. The van der Waals surface area contributed by atoms with Gasteiger partial charge in [-0.05, 0) is 81.4 Å². The fourth-order valence-corrected chi connectivity index (χ4v) is 4.09. The standard InChI is InChI=1S/C34H30N10O6/c1-34(2,3)50-33(49)44-28-18-9-13-23(39-28)32(48)43-27-17-8-12-22(38-27)31(47)42-26-16-7-11-21(37-26)30(46)41-25-15-6-10-20(36-25)29(45)40-24-14-4-5-19-35-24/h4-19H,1-3H3,(H,35,40,45)(H,36,41,46)(H,37,42,47)(H,38,43,48)(H,39,44,49). The predicted octanol–water partition coefficient (Wildman–Crippen LogP) is 5.02. The third kappa shape index (κ3) is 9.71. The summed E-state index contributed by atoms with van der Waals surface area (Å²) in [5.74, 6) is -1.81. The molecule has 0 fully saturated rings. The molecule has 50 heavy (non-hydrogen) atoms. The normalized spacial score (nSPS) is 10.7. The maximum Gasteiger partial charge on any atom is 0.413 e. The van der Waals surface area contributed by atoms with E-state index in [0.717, 1.165) is 0 Å². The second kappa shape index (κ2) is 15.2. The van der Waals surface area contributed by atoms with Crippen LogP contribution in [-0.4, -0.2) is 60.2 Å². The smallest absolute Gasteiger partial charge is 0.413 e. The average molecular weight is 675 g/mol. The summed E-state index contributed by atoms with van der Waals surface area (Å²) < 4.78 is 5.21. The van der Waals surface area contributed by atoms with Gasteiger partial charge in [-0.3, -0.25) is 24.5 Å². The lowest BCUT2D eigenvalue weighted by molar-refractivity contribution is 0.0634. The molecule has 5 heterocycles. The van der Waals surface area contributed by atoms with Gasteiger partial charge < -0.3 is 26.0 Å². The molecule has 0 spiro atoms. The van der Waals surface area contributed by atoms with Crippen LogP contribution >= 0.6 is 0 Å². The number of hydrogen-bond donors (Lipinski definition) is 5. The van der Waals surface area contributed by atoms with E-state index in [1.165, 1.54) is 72.9 Å². The van der Waals surface area contributed by atoms with Crippen LogP contribution in [0.5, 0.6) is 0 Å². The van der Waals surface area contributed by atoms with Gasteiger partial charge in [0.15, 0.2) is 0 Å². The molecule has 0 atom stereocenters. The van der Waals surface area contributed by atoms with Gasteiger partial charge in [0.1, 0.15) is 57.5 Å². The SMILES string of the molecule is CC(C)(C)OC(=O)Nc1cccc(C(=O)Nc2cccc(C(=O)Nc3cccc(C(=O)Nc4cccc(C(=O)Nc5ccccn5)n4)n3)n2)n1. The van der Waals surface area contributed by atoms with Crippen molar-refractivity contribution in [1.29, 1.82) is 0 Å². The number of rotatable bonds is 9. The second-order valence-corrected chi connectivity index (χ2v) is 11.3. The zero-order valence-corrected chi connectivity index (χ0v) is 26.9. The molecule has 0 aliphatic carbocycles. The number of carbonyl (C=O) groups is 5. The maximum absolute atomic E-state index is 13.0. The van der Waals surface area contributed by atoms with Gasteiger partial charge >= 0.3 is 6.09 Å². The number of carbonyl (C=O) groups excluding carboxylic acids is 5.